The number of hydrogen-bond donors (Lipinski definition) is 1. The second-order valence-electron chi connectivity index (χ2n) is 4.33. The van der Waals surface area contributed by atoms with Gasteiger partial charge in [0, 0.05) is 93.6 Å². The van der Waals surface area contributed by atoms with Crippen LogP contribution in [0.4, 0.5) is 5.69 Å². The van der Waals surface area contributed by atoms with E-state index in [1.807, 2.05) is 36.7 Å². The number of pyridine rings is 1. The number of aromatic nitrogens is 2. The molecular weight excluding hydrogens is 448 g/mol. The predicted molar refractivity (Wildman–Crippen MR) is 82.0 cm³/mol. The molecule has 0 saturated heterocycles. The largest absolute Gasteiger partial charge is 0.653 e. The molecule has 0 aliphatic rings. The fourth-order valence-electron chi connectivity index (χ4n) is 2.03. The molecule has 0 fully saturated rings. The summed E-state index contributed by atoms with van der Waals surface area (Å²) in [4.78, 5) is 20.0. The molecule has 0 atom stereocenters. The number of nitrogens with zero attached hydrogens (tertiary/aromatic N) is 2. The van der Waals surface area contributed by atoms with Gasteiger partial charge in [-0.05, 0) is 17.5 Å². The molecule has 0 saturated carbocycles. The molecule has 2 radical (unpaired) electrons. The average Bonchev–Trinajstić information content (AvgIpc) is 3.05. The van der Waals surface area contributed by atoms with Gasteiger partial charge < -0.3 is 21.5 Å². The number of nitrogens with one attached hydrogen (secondary N) is 1. The van der Waals surface area contributed by atoms with Crippen molar-refractivity contribution < 1.29 is 70.2 Å². The van der Waals surface area contributed by atoms with Gasteiger partial charge in [-0.2, -0.15) is 6.42 Å². The van der Waals surface area contributed by atoms with Crippen molar-refractivity contribution in [1.29, 1.82) is 0 Å². The Kier molecular flexibility index (Phi) is 8.44. The van der Waals surface area contributed by atoms with Gasteiger partial charge in [0.05, 0.1) is 0 Å². The molecular formula is C15H13N3OSY2-2. The number of rotatable bonds is 4. The Labute approximate surface area is 183 Å². The maximum absolute atomic E-state index is 11.5. The van der Waals surface area contributed by atoms with Crippen molar-refractivity contribution in [2.45, 2.75) is 13.3 Å². The summed E-state index contributed by atoms with van der Waals surface area (Å²) in [6.45, 7) is 1.92. The SMILES string of the molecule is CC[CH-]C(=O)[N-]c1csc(-c2c[nH]c3ncccc23)c1.[Y].[Y]. The third-order valence-corrected chi connectivity index (χ3v) is 3.87. The van der Waals surface area contributed by atoms with Gasteiger partial charge >= 0.3 is 0 Å². The molecule has 4 nitrogen and oxygen atoms in total. The fraction of sp³-hybridized carbons (Fsp3) is 0.133. The third kappa shape index (κ3) is 4.48. The summed E-state index contributed by atoms with van der Waals surface area (Å²) in [6.07, 6.45) is 5.98. The summed E-state index contributed by atoms with van der Waals surface area (Å²) in [6, 6.07) is 5.88. The van der Waals surface area contributed by atoms with Crippen LogP contribution in [0.1, 0.15) is 13.3 Å². The van der Waals surface area contributed by atoms with Crippen molar-refractivity contribution in [2.75, 3.05) is 0 Å². The number of carbonyl (C=O) groups excluding carboxylic acids is 1. The molecule has 0 aliphatic carbocycles. The molecule has 3 rings (SSSR count). The van der Waals surface area contributed by atoms with Crippen molar-refractivity contribution in [2.24, 2.45) is 0 Å². The number of aromatic amines is 1. The van der Waals surface area contributed by atoms with E-state index in [1.54, 1.807) is 24.0 Å². The van der Waals surface area contributed by atoms with Crippen LogP contribution < -0.4 is 0 Å². The minimum absolute atomic E-state index is 0. The first-order valence-corrected chi connectivity index (χ1v) is 7.26. The van der Waals surface area contributed by atoms with Crippen LogP contribution in [0.3, 0.4) is 0 Å². The molecule has 0 spiro atoms. The van der Waals surface area contributed by atoms with Gasteiger partial charge in [0.2, 0.25) is 0 Å². The average molecular weight is 461 g/mol. The Morgan fingerprint density at radius 1 is 1.45 bits per heavy atom. The first-order valence-electron chi connectivity index (χ1n) is 6.38. The molecule has 22 heavy (non-hydrogen) atoms. The molecule has 0 unspecified atom stereocenters. The Hall–Kier alpha value is -0.0622. The van der Waals surface area contributed by atoms with Gasteiger partial charge in [0.25, 0.3) is 0 Å². The van der Waals surface area contributed by atoms with Crippen LogP contribution >= 0.6 is 11.3 Å². The van der Waals surface area contributed by atoms with Crippen LogP contribution in [0.25, 0.3) is 26.8 Å². The van der Waals surface area contributed by atoms with E-state index in [0.29, 0.717) is 12.1 Å². The Balaban J connectivity index is 0.00000121. The van der Waals surface area contributed by atoms with Gasteiger partial charge in [0.1, 0.15) is 5.65 Å². The van der Waals surface area contributed by atoms with Crippen LogP contribution in [0.15, 0.2) is 36.0 Å². The zero-order valence-corrected chi connectivity index (χ0v) is 18.6. The molecule has 0 aliphatic heterocycles. The van der Waals surface area contributed by atoms with E-state index in [2.05, 4.69) is 15.3 Å². The predicted octanol–water partition coefficient (Wildman–Crippen LogP) is 4.43. The maximum atomic E-state index is 11.5. The van der Waals surface area contributed by atoms with E-state index >= 15 is 0 Å². The second kappa shape index (κ2) is 9.29. The normalized spacial score (nSPS) is 9.68. The minimum atomic E-state index is -0.183. The summed E-state index contributed by atoms with van der Waals surface area (Å²) >= 11 is 1.57. The van der Waals surface area contributed by atoms with Gasteiger partial charge in [-0.15, -0.1) is 17.0 Å². The number of H-pyrrole nitrogens is 1. The van der Waals surface area contributed by atoms with E-state index in [9.17, 15) is 4.79 Å². The molecule has 1 N–H and O–H groups in total. The van der Waals surface area contributed by atoms with Crippen LogP contribution in [-0.2, 0) is 70.2 Å². The topological polar surface area (TPSA) is 59.9 Å². The Morgan fingerprint density at radius 2 is 2.27 bits per heavy atom. The smallest absolute Gasteiger partial charge is 0.137 e. The standard InChI is InChI=1S/C15H14N3OS.2Y/c1-2-4-14(19)18-10-7-13(20-9-10)12-8-17-15-11(12)5-3-6-16-15;;/h3-9H,2H2,1H3,(H2,16,17,18,19);;/q-1;;/p-1. The van der Waals surface area contributed by atoms with E-state index in [4.69, 9.17) is 0 Å². The summed E-state index contributed by atoms with van der Waals surface area (Å²) in [5.41, 5.74) is 2.66. The van der Waals surface area contributed by atoms with Crippen molar-refractivity contribution in [1.82, 2.24) is 9.97 Å². The summed E-state index contributed by atoms with van der Waals surface area (Å²) in [5, 5.41) is 7.02. The number of hydrogen-bond acceptors (Lipinski definition) is 3. The molecule has 3 heterocycles. The van der Waals surface area contributed by atoms with Crippen molar-refractivity contribution in [3.63, 3.8) is 0 Å². The van der Waals surface area contributed by atoms with Gasteiger partial charge in [-0.25, -0.2) is 4.98 Å². The Bertz CT molecular complexity index is 754. The molecule has 3 aromatic rings. The first-order chi connectivity index (χ1) is 9.78. The van der Waals surface area contributed by atoms with Crippen molar-refractivity contribution in [3.8, 4) is 10.4 Å². The first kappa shape index (κ1) is 20.0. The molecule has 0 bridgehead atoms. The van der Waals surface area contributed by atoms with E-state index in [-0.39, 0.29) is 71.3 Å². The maximum Gasteiger partial charge on any atom is 0.137 e. The molecule has 3 aromatic heterocycles. The van der Waals surface area contributed by atoms with Crippen LogP contribution in [-0.4, -0.2) is 15.9 Å². The zero-order chi connectivity index (χ0) is 13.9. The third-order valence-electron chi connectivity index (χ3n) is 2.92. The quantitative estimate of drug-likeness (QED) is 0.585. The summed E-state index contributed by atoms with van der Waals surface area (Å²) < 4.78 is 0. The van der Waals surface area contributed by atoms with E-state index < -0.39 is 0 Å². The summed E-state index contributed by atoms with van der Waals surface area (Å²) in [7, 11) is 0. The van der Waals surface area contributed by atoms with Crippen molar-refractivity contribution in [3.05, 3.63) is 47.7 Å². The van der Waals surface area contributed by atoms with Crippen molar-refractivity contribution >= 4 is 34.0 Å². The minimum Gasteiger partial charge on any atom is -0.653 e. The number of thiophene rings is 1. The molecule has 108 valence electrons. The van der Waals surface area contributed by atoms with Gasteiger partial charge in [-0.3, -0.25) is 0 Å². The van der Waals surface area contributed by atoms with E-state index in [0.717, 1.165) is 21.5 Å². The zero-order valence-electron chi connectivity index (χ0n) is 12.1. The number of amides is 1. The Morgan fingerprint density at radius 3 is 3.05 bits per heavy atom. The fourth-order valence-corrected chi connectivity index (χ4v) is 2.89. The van der Waals surface area contributed by atoms with Crippen LogP contribution in [0, 0.1) is 6.42 Å². The molecule has 0 aromatic carbocycles. The van der Waals surface area contributed by atoms with Gasteiger partial charge in [0.15, 0.2) is 0 Å². The summed E-state index contributed by atoms with van der Waals surface area (Å²) in [5.74, 6) is -0.183. The van der Waals surface area contributed by atoms with Gasteiger partial charge in [-0.1, -0.05) is 18.9 Å². The van der Waals surface area contributed by atoms with Crippen LogP contribution in [0.5, 0.6) is 0 Å². The second-order valence-corrected chi connectivity index (χ2v) is 5.24. The van der Waals surface area contributed by atoms with Crippen LogP contribution in [0.2, 0.25) is 0 Å². The number of carbonyl (C=O) groups is 1. The molecule has 7 heteroatoms. The molecule has 1 amide bonds. The van der Waals surface area contributed by atoms with E-state index in [1.165, 1.54) is 0 Å². The number of fused-ring (bicyclic) bond motifs is 1. The monoisotopic (exact) mass is 461 g/mol.